The van der Waals surface area contributed by atoms with E-state index >= 15 is 0 Å². The Hall–Kier alpha value is -0.160. The number of hydrogen-bond acceptors (Lipinski definition) is 4. The quantitative estimate of drug-likeness (QED) is 0.496. The van der Waals surface area contributed by atoms with Crippen LogP contribution in [0.5, 0.6) is 0 Å². The van der Waals surface area contributed by atoms with Crippen molar-refractivity contribution in [1.29, 1.82) is 0 Å². The van der Waals surface area contributed by atoms with Crippen LogP contribution in [0.2, 0.25) is 0 Å². The Morgan fingerprint density at radius 1 is 1.14 bits per heavy atom. The summed E-state index contributed by atoms with van der Waals surface area (Å²) < 4.78 is 0. The van der Waals surface area contributed by atoms with Gasteiger partial charge in [0, 0.05) is 0 Å². The first-order chi connectivity index (χ1) is 6.44. The molecule has 0 aromatic carbocycles. The normalized spacial score (nSPS) is 14.8. The van der Waals surface area contributed by atoms with Crippen LogP contribution in [0, 0.1) is 5.92 Å². The first-order valence-electron chi connectivity index (χ1n) is 5.06. The lowest BCUT2D eigenvalue weighted by atomic mass is 9.95. The molecule has 0 aliphatic rings. The fourth-order valence-corrected chi connectivity index (χ4v) is 1.30. The van der Waals surface area contributed by atoms with Gasteiger partial charge in [0.25, 0.3) is 0 Å². The predicted molar refractivity (Wildman–Crippen MR) is 54.0 cm³/mol. The average molecular weight is 206 g/mol. The summed E-state index contributed by atoms with van der Waals surface area (Å²) in [4.78, 5) is 8.57. The van der Waals surface area contributed by atoms with Gasteiger partial charge in [0.15, 0.2) is 0 Å². The molecule has 0 fully saturated rings. The maximum Gasteiger partial charge on any atom is 0.127 e. The largest absolute Gasteiger partial charge is 0.251 e. The monoisotopic (exact) mass is 206 g/mol. The molecule has 0 aromatic rings. The zero-order chi connectivity index (χ0) is 11.2. The summed E-state index contributed by atoms with van der Waals surface area (Å²) in [5.41, 5.74) is -0.869. The zero-order valence-electron chi connectivity index (χ0n) is 9.49. The second kappa shape index (κ2) is 6.35. The molecule has 0 spiro atoms. The minimum absolute atomic E-state index is 0.494. The van der Waals surface area contributed by atoms with Crippen molar-refractivity contribution in [3.63, 3.8) is 0 Å². The lowest BCUT2D eigenvalue weighted by molar-refractivity contribution is -0.384. The molecule has 0 aliphatic heterocycles. The molecule has 1 atom stereocenters. The highest BCUT2D eigenvalue weighted by atomic mass is 17.1. The maximum absolute atomic E-state index is 8.67. The highest BCUT2D eigenvalue weighted by Gasteiger charge is 2.32. The molecule has 0 heterocycles. The molecule has 0 saturated carbocycles. The van der Waals surface area contributed by atoms with E-state index in [-0.39, 0.29) is 0 Å². The van der Waals surface area contributed by atoms with Gasteiger partial charge in [-0.1, -0.05) is 26.7 Å². The molecule has 1 unspecified atom stereocenters. The van der Waals surface area contributed by atoms with Crippen molar-refractivity contribution in [2.45, 2.75) is 58.7 Å². The van der Waals surface area contributed by atoms with E-state index in [4.69, 9.17) is 10.5 Å². The zero-order valence-corrected chi connectivity index (χ0v) is 9.49. The van der Waals surface area contributed by atoms with Crippen molar-refractivity contribution < 1.29 is 20.3 Å². The maximum atomic E-state index is 8.67. The highest BCUT2D eigenvalue weighted by molar-refractivity contribution is 4.78. The van der Waals surface area contributed by atoms with Crippen LogP contribution in [0.1, 0.15) is 47.0 Å². The van der Waals surface area contributed by atoms with Gasteiger partial charge >= 0.3 is 0 Å². The van der Waals surface area contributed by atoms with E-state index in [1.807, 2.05) is 0 Å². The molecule has 0 bridgehead atoms. The van der Waals surface area contributed by atoms with Gasteiger partial charge in [-0.15, -0.1) is 0 Å². The molecule has 0 aromatic heterocycles. The standard InChI is InChI=1S/C10H22O4/c1-8(2)6-5-7-9(13-11)10(3,4)14-12/h8-9,11-12H,5-7H2,1-4H3. The summed E-state index contributed by atoms with van der Waals surface area (Å²) in [6.45, 7) is 7.62. The molecule has 4 nitrogen and oxygen atoms in total. The van der Waals surface area contributed by atoms with E-state index in [2.05, 4.69) is 23.6 Å². The molecule has 2 N–H and O–H groups in total. The van der Waals surface area contributed by atoms with Crippen LogP contribution in [-0.2, 0) is 9.78 Å². The summed E-state index contributed by atoms with van der Waals surface area (Å²) in [6, 6.07) is 0. The van der Waals surface area contributed by atoms with Crippen LogP contribution in [0.15, 0.2) is 0 Å². The minimum Gasteiger partial charge on any atom is -0.251 e. The van der Waals surface area contributed by atoms with Crippen molar-refractivity contribution in [2.75, 3.05) is 0 Å². The third-order valence-electron chi connectivity index (χ3n) is 2.39. The lowest BCUT2D eigenvalue weighted by Gasteiger charge is -2.28. The van der Waals surface area contributed by atoms with Crippen molar-refractivity contribution in [3.05, 3.63) is 0 Å². The highest BCUT2D eigenvalue weighted by Crippen LogP contribution is 2.22. The number of hydrogen-bond donors (Lipinski definition) is 2. The van der Waals surface area contributed by atoms with Crippen LogP contribution in [0.25, 0.3) is 0 Å². The molecule has 0 amide bonds. The number of rotatable bonds is 7. The Kier molecular flexibility index (Phi) is 6.27. The van der Waals surface area contributed by atoms with Gasteiger partial charge in [0.2, 0.25) is 0 Å². The van der Waals surface area contributed by atoms with Crippen LogP contribution in [-0.4, -0.2) is 22.2 Å². The summed E-state index contributed by atoms with van der Waals surface area (Å²) in [5, 5.41) is 17.3. The molecule has 0 aliphatic carbocycles. The van der Waals surface area contributed by atoms with Crippen molar-refractivity contribution >= 4 is 0 Å². The molecule has 86 valence electrons. The Labute approximate surface area is 85.7 Å². The van der Waals surface area contributed by atoms with E-state index in [1.165, 1.54) is 0 Å². The van der Waals surface area contributed by atoms with Crippen LogP contribution < -0.4 is 0 Å². The van der Waals surface area contributed by atoms with Gasteiger partial charge in [0.05, 0.1) is 0 Å². The summed E-state index contributed by atoms with van der Waals surface area (Å²) in [6.07, 6.45) is 2.19. The Balaban J connectivity index is 3.91. The molecule has 0 radical (unpaired) electrons. The van der Waals surface area contributed by atoms with Crippen LogP contribution in [0.4, 0.5) is 0 Å². The lowest BCUT2D eigenvalue weighted by Crippen LogP contribution is -2.39. The summed E-state index contributed by atoms with van der Waals surface area (Å²) in [7, 11) is 0. The average Bonchev–Trinajstić information content (AvgIpc) is 2.11. The smallest absolute Gasteiger partial charge is 0.127 e. The predicted octanol–water partition coefficient (Wildman–Crippen LogP) is 2.94. The molecule has 0 saturated heterocycles. The Morgan fingerprint density at radius 3 is 2.07 bits per heavy atom. The van der Waals surface area contributed by atoms with Gasteiger partial charge in [0.1, 0.15) is 11.7 Å². The topological polar surface area (TPSA) is 58.9 Å². The van der Waals surface area contributed by atoms with Crippen molar-refractivity contribution in [1.82, 2.24) is 0 Å². The van der Waals surface area contributed by atoms with Crippen molar-refractivity contribution in [3.8, 4) is 0 Å². The summed E-state index contributed by atoms with van der Waals surface area (Å²) >= 11 is 0. The molecular formula is C10H22O4. The van der Waals surface area contributed by atoms with Gasteiger partial charge < -0.3 is 0 Å². The van der Waals surface area contributed by atoms with E-state index in [1.54, 1.807) is 13.8 Å². The van der Waals surface area contributed by atoms with Crippen LogP contribution in [0.3, 0.4) is 0 Å². The molecule has 0 rings (SSSR count). The minimum atomic E-state index is -0.869. The van der Waals surface area contributed by atoms with E-state index in [0.29, 0.717) is 12.3 Å². The van der Waals surface area contributed by atoms with Crippen molar-refractivity contribution in [2.24, 2.45) is 5.92 Å². The second-order valence-electron chi connectivity index (χ2n) is 4.61. The molecule has 14 heavy (non-hydrogen) atoms. The summed E-state index contributed by atoms with van der Waals surface area (Å²) in [5.74, 6) is 0.632. The fourth-order valence-electron chi connectivity index (χ4n) is 1.30. The van der Waals surface area contributed by atoms with E-state index in [9.17, 15) is 0 Å². The van der Waals surface area contributed by atoms with Gasteiger partial charge in [-0.25, -0.2) is 9.78 Å². The molecule has 4 heteroatoms. The fraction of sp³-hybridized carbons (Fsp3) is 1.00. The first kappa shape index (κ1) is 13.8. The Bertz CT molecular complexity index is 145. The van der Waals surface area contributed by atoms with Gasteiger partial charge in [-0.2, -0.15) is 0 Å². The molecular weight excluding hydrogens is 184 g/mol. The van der Waals surface area contributed by atoms with Crippen LogP contribution >= 0.6 is 0 Å². The first-order valence-corrected chi connectivity index (χ1v) is 5.06. The van der Waals surface area contributed by atoms with E-state index in [0.717, 1.165) is 12.8 Å². The third kappa shape index (κ3) is 4.91. The third-order valence-corrected chi connectivity index (χ3v) is 2.39. The second-order valence-corrected chi connectivity index (χ2v) is 4.61. The van der Waals surface area contributed by atoms with Gasteiger partial charge in [-0.3, -0.25) is 10.5 Å². The SMILES string of the molecule is CC(C)CCCC(OO)C(C)(C)OO. The van der Waals surface area contributed by atoms with E-state index < -0.39 is 11.7 Å². The van der Waals surface area contributed by atoms with Gasteiger partial charge in [-0.05, 0) is 26.2 Å². The Morgan fingerprint density at radius 2 is 1.71 bits per heavy atom.